The molecule has 1 aliphatic carbocycles. The number of hydrogen-bond donors (Lipinski definition) is 2. The van der Waals surface area contributed by atoms with E-state index in [-0.39, 0.29) is 5.92 Å². The van der Waals surface area contributed by atoms with Gasteiger partial charge in [-0.25, -0.2) is 9.86 Å². The second kappa shape index (κ2) is 6.40. The van der Waals surface area contributed by atoms with E-state index in [1.54, 1.807) is 12.1 Å². The van der Waals surface area contributed by atoms with Crippen molar-refractivity contribution in [1.82, 2.24) is 5.06 Å². The molecule has 1 fully saturated rings. The zero-order valence-electron chi connectivity index (χ0n) is 11.5. The van der Waals surface area contributed by atoms with Crippen LogP contribution in [-0.2, 0) is 0 Å². The third kappa shape index (κ3) is 3.28. The second-order valence-electron chi connectivity index (χ2n) is 5.23. The maximum atomic E-state index is 12.0. The van der Waals surface area contributed by atoms with Gasteiger partial charge in [0.1, 0.15) is 0 Å². The van der Waals surface area contributed by atoms with E-state index in [1.165, 1.54) is 0 Å². The predicted octanol–water partition coefficient (Wildman–Crippen LogP) is 3.30. The van der Waals surface area contributed by atoms with Gasteiger partial charge in [0, 0.05) is 5.69 Å². The number of hydroxylamine groups is 2. The molecule has 5 nitrogen and oxygen atoms in total. The Hall–Kier alpha value is -2.06. The van der Waals surface area contributed by atoms with E-state index in [0.29, 0.717) is 17.2 Å². The number of nitriles is 1. The largest absolute Gasteiger partial charge is 0.345 e. The molecule has 2 rings (SSSR count). The fourth-order valence-corrected chi connectivity index (χ4v) is 2.52. The Balaban J connectivity index is 2.01. The molecule has 1 aromatic rings. The molecular formula is C15H19N3O2. The molecule has 0 heterocycles. The number of urea groups is 1. The van der Waals surface area contributed by atoms with Crippen LogP contribution in [0.25, 0.3) is 0 Å². The lowest BCUT2D eigenvalue weighted by Crippen LogP contribution is -2.45. The predicted molar refractivity (Wildman–Crippen MR) is 75.2 cm³/mol. The quantitative estimate of drug-likeness (QED) is 0.641. The maximum absolute atomic E-state index is 12.0. The minimum Gasteiger partial charge on any atom is -0.306 e. The SMILES string of the molecule is Cc1ccc(NC(=O)N(O)[C@@H]2CCCC[C@@H]2C#N)cc1. The van der Waals surface area contributed by atoms with Gasteiger partial charge in [-0.05, 0) is 31.9 Å². The molecule has 0 spiro atoms. The lowest BCUT2D eigenvalue weighted by Gasteiger charge is -2.32. The molecule has 0 aliphatic heterocycles. The smallest absolute Gasteiger partial charge is 0.306 e. The Morgan fingerprint density at radius 3 is 2.65 bits per heavy atom. The zero-order chi connectivity index (χ0) is 14.5. The van der Waals surface area contributed by atoms with Crippen LogP contribution in [0.4, 0.5) is 10.5 Å². The van der Waals surface area contributed by atoms with Gasteiger partial charge in [-0.1, -0.05) is 30.5 Å². The summed E-state index contributed by atoms with van der Waals surface area (Å²) in [5.74, 6) is -0.294. The number of anilines is 1. The Morgan fingerprint density at radius 1 is 1.35 bits per heavy atom. The molecule has 2 N–H and O–H groups in total. The summed E-state index contributed by atoms with van der Waals surface area (Å²) >= 11 is 0. The van der Waals surface area contributed by atoms with Crippen LogP contribution < -0.4 is 5.32 Å². The minimum atomic E-state index is -0.582. The van der Waals surface area contributed by atoms with Gasteiger partial charge in [-0.3, -0.25) is 5.21 Å². The van der Waals surface area contributed by atoms with E-state index in [4.69, 9.17) is 5.26 Å². The highest BCUT2D eigenvalue weighted by Crippen LogP contribution is 2.27. The highest BCUT2D eigenvalue weighted by atomic mass is 16.5. The lowest BCUT2D eigenvalue weighted by atomic mass is 9.85. The number of nitrogens with one attached hydrogen (secondary N) is 1. The van der Waals surface area contributed by atoms with Crippen LogP contribution in [0.15, 0.2) is 24.3 Å². The van der Waals surface area contributed by atoms with Gasteiger partial charge >= 0.3 is 6.03 Å². The van der Waals surface area contributed by atoms with Crippen molar-refractivity contribution in [3.63, 3.8) is 0 Å². The first-order chi connectivity index (χ1) is 9.61. The molecule has 20 heavy (non-hydrogen) atoms. The van der Waals surface area contributed by atoms with Crippen LogP contribution in [0.1, 0.15) is 31.2 Å². The Labute approximate surface area is 118 Å². The molecule has 1 aromatic carbocycles. The summed E-state index contributed by atoms with van der Waals surface area (Å²) in [5, 5.41) is 22.4. The van der Waals surface area contributed by atoms with Crippen molar-refractivity contribution in [3.8, 4) is 6.07 Å². The van der Waals surface area contributed by atoms with Crippen LogP contribution in [0.5, 0.6) is 0 Å². The van der Waals surface area contributed by atoms with Crippen molar-refractivity contribution in [3.05, 3.63) is 29.8 Å². The molecule has 5 heteroatoms. The highest BCUT2D eigenvalue weighted by molar-refractivity contribution is 5.88. The number of nitrogens with zero attached hydrogens (tertiary/aromatic N) is 2. The third-order valence-electron chi connectivity index (χ3n) is 3.72. The van der Waals surface area contributed by atoms with Crippen LogP contribution in [0.2, 0.25) is 0 Å². The molecule has 0 aromatic heterocycles. The Kier molecular flexibility index (Phi) is 4.59. The van der Waals surface area contributed by atoms with E-state index in [0.717, 1.165) is 24.8 Å². The number of carbonyl (C=O) groups excluding carboxylic acids is 1. The van der Waals surface area contributed by atoms with Gasteiger partial charge in [-0.2, -0.15) is 5.26 Å². The number of rotatable bonds is 2. The van der Waals surface area contributed by atoms with Crippen LogP contribution in [0, 0.1) is 24.2 Å². The first-order valence-electron chi connectivity index (χ1n) is 6.87. The number of amides is 2. The van der Waals surface area contributed by atoms with E-state index in [9.17, 15) is 10.0 Å². The van der Waals surface area contributed by atoms with Crippen LogP contribution in [-0.4, -0.2) is 22.3 Å². The summed E-state index contributed by atoms with van der Waals surface area (Å²) in [6.45, 7) is 1.96. The van der Waals surface area contributed by atoms with E-state index in [1.807, 2.05) is 19.1 Å². The summed E-state index contributed by atoms with van der Waals surface area (Å²) in [6.07, 6.45) is 3.30. The van der Waals surface area contributed by atoms with Gasteiger partial charge in [-0.15, -0.1) is 0 Å². The lowest BCUT2D eigenvalue weighted by molar-refractivity contribution is -0.0919. The fourth-order valence-electron chi connectivity index (χ4n) is 2.52. The Morgan fingerprint density at radius 2 is 2.00 bits per heavy atom. The molecule has 2 amide bonds. The topological polar surface area (TPSA) is 76.4 Å². The first kappa shape index (κ1) is 14.4. The van der Waals surface area contributed by atoms with Crippen molar-refractivity contribution in [2.24, 2.45) is 5.92 Å². The summed E-state index contributed by atoms with van der Waals surface area (Å²) in [7, 11) is 0. The van der Waals surface area contributed by atoms with Gasteiger partial charge in [0.25, 0.3) is 0 Å². The Bertz CT molecular complexity index is 507. The van der Waals surface area contributed by atoms with Crippen molar-refractivity contribution in [1.29, 1.82) is 5.26 Å². The number of benzene rings is 1. The first-order valence-corrected chi connectivity index (χ1v) is 6.87. The molecule has 1 aliphatic rings. The van der Waals surface area contributed by atoms with Crippen molar-refractivity contribution >= 4 is 11.7 Å². The second-order valence-corrected chi connectivity index (χ2v) is 5.23. The summed E-state index contributed by atoms with van der Waals surface area (Å²) in [4.78, 5) is 12.0. The van der Waals surface area contributed by atoms with Crippen LogP contribution >= 0.6 is 0 Å². The molecule has 2 atom stereocenters. The molecule has 1 saturated carbocycles. The fraction of sp³-hybridized carbons (Fsp3) is 0.467. The van der Waals surface area contributed by atoms with Gasteiger partial charge in [0.15, 0.2) is 0 Å². The summed E-state index contributed by atoms with van der Waals surface area (Å²) in [6, 6.07) is 8.51. The van der Waals surface area contributed by atoms with Crippen molar-refractivity contribution < 1.29 is 10.0 Å². The van der Waals surface area contributed by atoms with E-state index >= 15 is 0 Å². The van der Waals surface area contributed by atoms with Crippen LogP contribution in [0.3, 0.4) is 0 Å². The molecule has 0 radical (unpaired) electrons. The minimum absolute atomic E-state index is 0.294. The van der Waals surface area contributed by atoms with Crippen molar-refractivity contribution in [2.75, 3.05) is 5.32 Å². The number of hydrogen-bond acceptors (Lipinski definition) is 3. The normalized spacial score (nSPS) is 21.9. The molecular weight excluding hydrogens is 254 g/mol. The highest BCUT2D eigenvalue weighted by Gasteiger charge is 2.32. The van der Waals surface area contributed by atoms with Gasteiger partial charge < -0.3 is 5.32 Å². The summed E-state index contributed by atoms with van der Waals surface area (Å²) < 4.78 is 0. The molecule has 106 valence electrons. The monoisotopic (exact) mass is 273 g/mol. The van der Waals surface area contributed by atoms with Gasteiger partial charge in [0.2, 0.25) is 0 Å². The number of aryl methyl sites for hydroxylation is 1. The van der Waals surface area contributed by atoms with E-state index in [2.05, 4.69) is 11.4 Å². The zero-order valence-corrected chi connectivity index (χ0v) is 11.5. The molecule has 0 bridgehead atoms. The van der Waals surface area contributed by atoms with Gasteiger partial charge in [0.05, 0.1) is 18.0 Å². The molecule has 0 saturated heterocycles. The average molecular weight is 273 g/mol. The average Bonchev–Trinajstić information content (AvgIpc) is 2.48. The maximum Gasteiger partial charge on any atom is 0.345 e. The molecule has 0 unspecified atom stereocenters. The third-order valence-corrected chi connectivity index (χ3v) is 3.72. The van der Waals surface area contributed by atoms with Crippen molar-refractivity contribution in [2.45, 2.75) is 38.6 Å². The summed E-state index contributed by atoms with van der Waals surface area (Å²) in [5.41, 5.74) is 1.73. The standard InChI is InChI=1S/C15H19N3O2/c1-11-6-8-13(9-7-11)17-15(19)18(20)14-5-3-2-4-12(14)10-16/h6-9,12,14,20H,2-5H2,1H3,(H,17,19)/t12-,14-/m1/s1. The van der Waals surface area contributed by atoms with E-state index < -0.39 is 12.1 Å². The number of carbonyl (C=O) groups is 1.